The van der Waals surface area contributed by atoms with Gasteiger partial charge in [0.2, 0.25) is 0 Å². The van der Waals surface area contributed by atoms with Crippen LogP contribution in [0.5, 0.6) is 11.5 Å². The van der Waals surface area contributed by atoms with Crippen LogP contribution in [0.15, 0.2) is 42.5 Å². The highest BCUT2D eigenvalue weighted by Crippen LogP contribution is 2.50. The molecule has 1 unspecified atom stereocenters. The second-order valence-corrected chi connectivity index (χ2v) is 5.69. The Morgan fingerprint density at radius 2 is 1.96 bits per heavy atom. The molecule has 3 rings (SSSR count). The van der Waals surface area contributed by atoms with Crippen LogP contribution in [0.1, 0.15) is 25.8 Å². The first kappa shape index (κ1) is 15.4. The first-order valence-electron chi connectivity index (χ1n) is 7.70. The molecular weight excluding hydrogens is 292 g/mol. The monoisotopic (exact) mass is 312 g/mol. The highest BCUT2D eigenvalue weighted by atomic mass is 16.5. The van der Waals surface area contributed by atoms with Crippen molar-refractivity contribution in [3.05, 3.63) is 48.0 Å². The number of ether oxygens (including phenoxy) is 3. The third kappa shape index (κ3) is 2.65. The van der Waals surface area contributed by atoms with Gasteiger partial charge in [-0.2, -0.15) is 0 Å². The molecule has 0 spiro atoms. The van der Waals surface area contributed by atoms with Crippen molar-refractivity contribution >= 4 is 5.97 Å². The smallest absolute Gasteiger partial charge is 0.310 e. The molecule has 0 radical (unpaired) electrons. The van der Waals surface area contributed by atoms with Gasteiger partial charge in [0.25, 0.3) is 0 Å². The summed E-state index contributed by atoms with van der Waals surface area (Å²) < 4.78 is 16.8. The van der Waals surface area contributed by atoms with Crippen molar-refractivity contribution in [2.75, 3.05) is 13.7 Å². The summed E-state index contributed by atoms with van der Waals surface area (Å²) in [6.45, 7) is 4.09. The fourth-order valence-corrected chi connectivity index (χ4v) is 3.11. The van der Waals surface area contributed by atoms with Crippen LogP contribution in [0.2, 0.25) is 0 Å². The zero-order chi connectivity index (χ0) is 16.4. The van der Waals surface area contributed by atoms with Crippen LogP contribution in [-0.2, 0) is 15.1 Å². The third-order valence-corrected chi connectivity index (χ3v) is 4.10. The number of methoxy groups -OCH3 is 1. The van der Waals surface area contributed by atoms with Crippen LogP contribution >= 0.6 is 0 Å². The van der Waals surface area contributed by atoms with Crippen molar-refractivity contribution in [1.82, 2.24) is 0 Å². The van der Waals surface area contributed by atoms with Crippen LogP contribution in [0.4, 0.5) is 0 Å². The van der Waals surface area contributed by atoms with Gasteiger partial charge >= 0.3 is 5.97 Å². The molecule has 4 heteroatoms. The van der Waals surface area contributed by atoms with E-state index in [4.69, 9.17) is 14.2 Å². The molecule has 120 valence electrons. The van der Waals surface area contributed by atoms with Gasteiger partial charge in [0.1, 0.15) is 17.1 Å². The molecular formula is C19H20O4. The van der Waals surface area contributed by atoms with E-state index in [-0.39, 0.29) is 12.4 Å². The predicted octanol–water partition coefficient (Wildman–Crippen LogP) is 3.92. The predicted molar refractivity (Wildman–Crippen MR) is 87.7 cm³/mol. The van der Waals surface area contributed by atoms with Crippen LogP contribution in [0.3, 0.4) is 0 Å². The molecule has 4 nitrogen and oxygen atoms in total. The number of fused-ring (bicyclic) bond motifs is 3. The molecule has 0 saturated carbocycles. The summed E-state index contributed by atoms with van der Waals surface area (Å²) in [4.78, 5) is 12.0. The molecule has 1 atom stereocenters. The minimum absolute atomic E-state index is 0.161. The molecule has 0 bridgehead atoms. The number of benzene rings is 2. The number of rotatable bonds is 4. The van der Waals surface area contributed by atoms with Gasteiger partial charge in [-0.15, -0.1) is 0 Å². The summed E-state index contributed by atoms with van der Waals surface area (Å²) in [6.07, 6.45) is 0.161. The van der Waals surface area contributed by atoms with E-state index in [2.05, 4.69) is 0 Å². The molecule has 0 aliphatic carbocycles. The van der Waals surface area contributed by atoms with Gasteiger partial charge in [-0.05, 0) is 31.5 Å². The molecule has 1 aliphatic rings. The normalized spacial score (nSPS) is 18.4. The van der Waals surface area contributed by atoms with E-state index < -0.39 is 5.60 Å². The van der Waals surface area contributed by atoms with E-state index in [9.17, 15) is 4.79 Å². The van der Waals surface area contributed by atoms with Crippen LogP contribution < -0.4 is 9.47 Å². The average molecular weight is 312 g/mol. The summed E-state index contributed by atoms with van der Waals surface area (Å²) in [5, 5.41) is 0. The van der Waals surface area contributed by atoms with Crippen molar-refractivity contribution in [3.8, 4) is 22.6 Å². The minimum Gasteiger partial charge on any atom is -0.496 e. The second-order valence-electron chi connectivity index (χ2n) is 5.69. The molecule has 2 aromatic carbocycles. The Morgan fingerprint density at radius 3 is 2.70 bits per heavy atom. The Balaban J connectivity index is 2.12. The number of hydrogen-bond acceptors (Lipinski definition) is 4. The Labute approximate surface area is 136 Å². The molecule has 1 heterocycles. The molecule has 0 aromatic heterocycles. The SMILES string of the molecule is CCOC(=O)CC1(C)Oc2cccc(OC)c2-c2ccccc21. The summed E-state index contributed by atoms with van der Waals surface area (Å²) in [6, 6.07) is 13.6. The fraction of sp³-hybridized carbons (Fsp3) is 0.316. The van der Waals surface area contributed by atoms with Crippen molar-refractivity contribution in [1.29, 1.82) is 0 Å². The number of hydrogen-bond donors (Lipinski definition) is 0. The van der Waals surface area contributed by atoms with E-state index in [1.165, 1.54) is 0 Å². The minimum atomic E-state index is -0.762. The summed E-state index contributed by atoms with van der Waals surface area (Å²) in [5.41, 5.74) is 2.15. The van der Waals surface area contributed by atoms with Gasteiger partial charge in [0.15, 0.2) is 0 Å². The topological polar surface area (TPSA) is 44.8 Å². The standard InChI is InChI=1S/C19H20O4/c1-4-22-17(20)12-19(2)14-9-6-5-8-13(14)18-15(21-3)10-7-11-16(18)23-19/h5-11H,4,12H2,1-3H3. The molecule has 23 heavy (non-hydrogen) atoms. The highest BCUT2D eigenvalue weighted by molar-refractivity contribution is 5.83. The van der Waals surface area contributed by atoms with Gasteiger partial charge < -0.3 is 14.2 Å². The zero-order valence-corrected chi connectivity index (χ0v) is 13.6. The Morgan fingerprint density at radius 1 is 1.17 bits per heavy atom. The Bertz CT molecular complexity index is 738. The summed E-state index contributed by atoms with van der Waals surface area (Å²) >= 11 is 0. The van der Waals surface area contributed by atoms with Gasteiger partial charge in [0, 0.05) is 5.56 Å². The Kier molecular flexibility index (Phi) is 3.99. The average Bonchev–Trinajstić information content (AvgIpc) is 2.54. The maximum Gasteiger partial charge on any atom is 0.310 e. The lowest BCUT2D eigenvalue weighted by Gasteiger charge is -2.37. The quantitative estimate of drug-likeness (QED) is 0.803. The molecule has 0 N–H and O–H groups in total. The molecule has 1 aliphatic heterocycles. The van der Waals surface area contributed by atoms with Gasteiger partial charge in [0.05, 0.1) is 25.7 Å². The van der Waals surface area contributed by atoms with Crippen LogP contribution in [-0.4, -0.2) is 19.7 Å². The maximum absolute atomic E-state index is 12.0. The molecule has 2 aromatic rings. The van der Waals surface area contributed by atoms with Crippen LogP contribution in [0, 0.1) is 0 Å². The number of esters is 1. The van der Waals surface area contributed by atoms with Gasteiger partial charge in [-0.1, -0.05) is 30.3 Å². The maximum atomic E-state index is 12.0. The Hall–Kier alpha value is -2.49. The van der Waals surface area contributed by atoms with E-state index >= 15 is 0 Å². The molecule has 0 amide bonds. The van der Waals surface area contributed by atoms with Crippen LogP contribution in [0.25, 0.3) is 11.1 Å². The number of carbonyl (C=O) groups excluding carboxylic acids is 1. The molecule has 0 fully saturated rings. The van der Waals surface area contributed by atoms with E-state index in [1.54, 1.807) is 14.0 Å². The van der Waals surface area contributed by atoms with Crippen molar-refractivity contribution in [2.45, 2.75) is 25.9 Å². The van der Waals surface area contributed by atoms with Crippen molar-refractivity contribution in [2.24, 2.45) is 0 Å². The summed E-state index contributed by atoms with van der Waals surface area (Å²) in [7, 11) is 1.64. The van der Waals surface area contributed by atoms with Crippen molar-refractivity contribution in [3.63, 3.8) is 0 Å². The zero-order valence-electron chi connectivity index (χ0n) is 13.6. The fourth-order valence-electron chi connectivity index (χ4n) is 3.11. The lowest BCUT2D eigenvalue weighted by molar-refractivity contribution is -0.147. The lowest BCUT2D eigenvalue weighted by Crippen LogP contribution is -2.36. The van der Waals surface area contributed by atoms with E-state index in [1.807, 2.05) is 49.4 Å². The second kappa shape index (κ2) is 5.95. The lowest BCUT2D eigenvalue weighted by atomic mass is 9.83. The summed E-state index contributed by atoms with van der Waals surface area (Å²) in [5.74, 6) is 1.21. The van der Waals surface area contributed by atoms with E-state index in [0.717, 1.165) is 28.2 Å². The van der Waals surface area contributed by atoms with Crippen molar-refractivity contribution < 1.29 is 19.0 Å². The third-order valence-electron chi connectivity index (χ3n) is 4.10. The largest absolute Gasteiger partial charge is 0.496 e. The van der Waals surface area contributed by atoms with Gasteiger partial charge in [-0.3, -0.25) is 4.79 Å². The highest BCUT2D eigenvalue weighted by Gasteiger charge is 2.40. The first-order chi connectivity index (χ1) is 11.1. The number of carbonyl (C=O) groups is 1. The first-order valence-corrected chi connectivity index (χ1v) is 7.70. The van der Waals surface area contributed by atoms with E-state index in [0.29, 0.717) is 6.61 Å². The van der Waals surface area contributed by atoms with Gasteiger partial charge in [-0.25, -0.2) is 0 Å². The molecule has 0 saturated heterocycles.